The third-order valence-electron chi connectivity index (χ3n) is 3.36. The molecule has 0 spiro atoms. The lowest BCUT2D eigenvalue weighted by atomic mass is 10.1. The Labute approximate surface area is 162 Å². The van der Waals surface area contributed by atoms with Crippen LogP contribution in [0.25, 0.3) is 0 Å². The van der Waals surface area contributed by atoms with E-state index in [1.165, 1.54) is 0 Å². The third kappa shape index (κ3) is 8.21. The maximum Gasteiger partial charge on any atom is 0.416 e. The molecule has 1 aromatic rings. The number of benzene rings is 1. The lowest BCUT2D eigenvalue weighted by Gasteiger charge is -2.24. The van der Waals surface area contributed by atoms with Crippen molar-refractivity contribution in [3.8, 4) is 0 Å². The fourth-order valence-electron chi connectivity index (χ4n) is 1.83. The SMILES string of the molecule is CCNC(=NCc1ccc(F)cc1C(F)(F)F)NCC(C)(C)OC.I. The molecule has 0 amide bonds. The summed E-state index contributed by atoms with van der Waals surface area (Å²) in [5, 5.41) is 5.96. The largest absolute Gasteiger partial charge is 0.416 e. The highest BCUT2D eigenvalue weighted by Gasteiger charge is 2.33. The average molecular weight is 477 g/mol. The molecule has 144 valence electrons. The Morgan fingerprint density at radius 1 is 1.20 bits per heavy atom. The summed E-state index contributed by atoms with van der Waals surface area (Å²) in [6, 6.07) is 2.58. The normalized spacial score (nSPS) is 12.6. The van der Waals surface area contributed by atoms with E-state index >= 15 is 0 Å². The van der Waals surface area contributed by atoms with E-state index in [0.29, 0.717) is 25.1 Å². The van der Waals surface area contributed by atoms with Gasteiger partial charge in [0.1, 0.15) is 5.82 Å². The number of methoxy groups -OCH3 is 1. The number of alkyl halides is 3. The van der Waals surface area contributed by atoms with Gasteiger partial charge in [-0.1, -0.05) is 6.07 Å². The van der Waals surface area contributed by atoms with Gasteiger partial charge in [0.15, 0.2) is 5.96 Å². The van der Waals surface area contributed by atoms with Gasteiger partial charge in [-0.15, -0.1) is 24.0 Å². The first-order valence-electron chi connectivity index (χ1n) is 7.52. The zero-order chi connectivity index (χ0) is 18.4. The smallest absolute Gasteiger partial charge is 0.377 e. The van der Waals surface area contributed by atoms with E-state index in [0.717, 1.165) is 12.1 Å². The molecule has 1 aromatic carbocycles. The van der Waals surface area contributed by atoms with E-state index in [2.05, 4.69) is 15.6 Å². The molecule has 25 heavy (non-hydrogen) atoms. The molecule has 0 aliphatic heterocycles. The lowest BCUT2D eigenvalue weighted by molar-refractivity contribution is -0.138. The minimum absolute atomic E-state index is 0. The van der Waals surface area contributed by atoms with Crippen LogP contribution in [0.2, 0.25) is 0 Å². The molecule has 0 saturated heterocycles. The van der Waals surface area contributed by atoms with Gasteiger partial charge in [-0.3, -0.25) is 0 Å². The highest BCUT2D eigenvalue weighted by Crippen LogP contribution is 2.32. The zero-order valence-electron chi connectivity index (χ0n) is 14.6. The van der Waals surface area contributed by atoms with Crippen molar-refractivity contribution in [3.05, 3.63) is 35.1 Å². The zero-order valence-corrected chi connectivity index (χ0v) is 17.0. The Hall–Kier alpha value is -1.10. The summed E-state index contributed by atoms with van der Waals surface area (Å²) in [7, 11) is 1.57. The average Bonchev–Trinajstić information content (AvgIpc) is 2.50. The molecular weight excluding hydrogens is 453 g/mol. The van der Waals surface area contributed by atoms with Crippen molar-refractivity contribution in [1.29, 1.82) is 0 Å². The minimum Gasteiger partial charge on any atom is -0.377 e. The fourth-order valence-corrected chi connectivity index (χ4v) is 1.83. The van der Waals surface area contributed by atoms with Gasteiger partial charge in [0.25, 0.3) is 0 Å². The summed E-state index contributed by atoms with van der Waals surface area (Å²) >= 11 is 0. The maximum absolute atomic E-state index is 13.1. The van der Waals surface area contributed by atoms with Gasteiger partial charge in [-0.05, 0) is 38.5 Å². The predicted molar refractivity (Wildman–Crippen MR) is 101 cm³/mol. The van der Waals surface area contributed by atoms with Crippen LogP contribution in [0.15, 0.2) is 23.2 Å². The molecule has 0 radical (unpaired) electrons. The van der Waals surface area contributed by atoms with Crippen molar-refractivity contribution >= 4 is 29.9 Å². The number of ether oxygens (including phenoxy) is 1. The molecule has 0 unspecified atom stereocenters. The molecule has 0 atom stereocenters. The lowest BCUT2D eigenvalue weighted by Crippen LogP contribution is -2.45. The van der Waals surface area contributed by atoms with Gasteiger partial charge >= 0.3 is 6.18 Å². The number of hydrogen-bond donors (Lipinski definition) is 2. The van der Waals surface area contributed by atoms with Crippen LogP contribution in [0.3, 0.4) is 0 Å². The van der Waals surface area contributed by atoms with Crippen LogP contribution in [0, 0.1) is 5.82 Å². The van der Waals surface area contributed by atoms with Crippen LogP contribution in [-0.4, -0.2) is 31.8 Å². The van der Waals surface area contributed by atoms with Gasteiger partial charge < -0.3 is 15.4 Å². The Morgan fingerprint density at radius 3 is 2.36 bits per heavy atom. The van der Waals surface area contributed by atoms with E-state index in [-0.39, 0.29) is 36.1 Å². The van der Waals surface area contributed by atoms with Crippen LogP contribution >= 0.6 is 24.0 Å². The summed E-state index contributed by atoms with van der Waals surface area (Å²) < 4.78 is 57.3. The second-order valence-electron chi connectivity index (χ2n) is 5.81. The van der Waals surface area contributed by atoms with Crippen molar-refractivity contribution in [1.82, 2.24) is 10.6 Å². The second-order valence-corrected chi connectivity index (χ2v) is 5.81. The van der Waals surface area contributed by atoms with E-state index in [4.69, 9.17) is 4.74 Å². The third-order valence-corrected chi connectivity index (χ3v) is 3.36. The summed E-state index contributed by atoms with van der Waals surface area (Å²) in [6.07, 6.45) is -4.63. The summed E-state index contributed by atoms with van der Waals surface area (Å²) in [6.45, 7) is 6.33. The Morgan fingerprint density at radius 2 is 1.84 bits per heavy atom. The Balaban J connectivity index is 0.00000576. The van der Waals surface area contributed by atoms with Crippen LogP contribution < -0.4 is 10.6 Å². The van der Waals surface area contributed by atoms with E-state index < -0.39 is 23.2 Å². The maximum atomic E-state index is 13.1. The van der Waals surface area contributed by atoms with Gasteiger partial charge in [0.2, 0.25) is 0 Å². The number of hydrogen-bond acceptors (Lipinski definition) is 2. The molecule has 0 aliphatic carbocycles. The summed E-state index contributed by atoms with van der Waals surface area (Å²) in [4.78, 5) is 4.14. The number of rotatable bonds is 6. The molecule has 1 rings (SSSR count). The molecular formula is C16H24F4IN3O. The first-order chi connectivity index (χ1) is 11.1. The number of guanidine groups is 1. The van der Waals surface area contributed by atoms with Gasteiger partial charge in [-0.25, -0.2) is 9.38 Å². The van der Waals surface area contributed by atoms with Crippen molar-refractivity contribution < 1.29 is 22.3 Å². The van der Waals surface area contributed by atoms with Crippen molar-refractivity contribution in [2.45, 2.75) is 39.1 Å². The highest BCUT2D eigenvalue weighted by molar-refractivity contribution is 14.0. The quantitative estimate of drug-likeness (QED) is 0.283. The molecule has 4 nitrogen and oxygen atoms in total. The van der Waals surface area contributed by atoms with Crippen molar-refractivity contribution in [2.75, 3.05) is 20.2 Å². The number of halogens is 5. The molecule has 9 heteroatoms. The van der Waals surface area contributed by atoms with Crippen molar-refractivity contribution in [2.24, 2.45) is 4.99 Å². The first-order valence-corrected chi connectivity index (χ1v) is 7.52. The topological polar surface area (TPSA) is 45.7 Å². The first kappa shape index (κ1) is 23.9. The monoisotopic (exact) mass is 477 g/mol. The summed E-state index contributed by atoms with van der Waals surface area (Å²) in [5.41, 5.74) is -1.56. The molecule has 0 bridgehead atoms. The summed E-state index contributed by atoms with van der Waals surface area (Å²) in [5.74, 6) is -0.568. The number of nitrogens with zero attached hydrogens (tertiary/aromatic N) is 1. The van der Waals surface area contributed by atoms with E-state index in [1.54, 1.807) is 7.11 Å². The molecule has 0 saturated carbocycles. The van der Waals surface area contributed by atoms with Crippen molar-refractivity contribution in [3.63, 3.8) is 0 Å². The van der Waals surface area contributed by atoms with Crippen LogP contribution in [-0.2, 0) is 17.5 Å². The van der Waals surface area contributed by atoms with Crippen LogP contribution in [0.1, 0.15) is 31.9 Å². The van der Waals surface area contributed by atoms with Gasteiger partial charge in [0.05, 0.1) is 17.7 Å². The second kappa shape index (κ2) is 10.1. The molecule has 2 N–H and O–H groups in total. The number of nitrogens with one attached hydrogen (secondary N) is 2. The Kier molecular flexibility index (Phi) is 9.70. The van der Waals surface area contributed by atoms with E-state index in [9.17, 15) is 17.6 Å². The molecule has 0 heterocycles. The van der Waals surface area contributed by atoms with Crippen LogP contribution in [0.4, 0.5) is 17.6 Å². The van der Waals surface area contributed by atoms with Gasteiger partial charge in [-0.2, -0.15) is 13.2 Å². The molecule has 0 aliphatic rings. The molecule has 0 aromatic heterocycles. The standard InChI is InChI=1S/C16H23F4N3O.HI/c1-5-21-14(23-10-15(2,3)24-4)22-9-11-6-7-12(17)8-13(11)16(18,19)20;/h6-8H,5,9-10H2,1-4H3,(H2,21,22,23);1H. The highest BCUT2D eigenvalue weighted by atomic mass is 127. The van der Waals surface area contributed by atoms with Crippen LogP contribution in [0.5, 0.6) is 0 Å². The number of aliphatic imine (C=N–C) groups is 1. The molecule has 0 fully saturated rings. The Bertz CT molecular complexity index is 577. The predicted octanol–water partition coefficient (Wildman–Crippen LogP) is 3.94. The fraction of sp³-hybridized carbons (Fsp3) is 0.562. The minimum atomic E-state index is -4.63. The van der Waals surface area contributed by atoms with Gasteiger partial charge in [0, 0.05) is 20.2 Å². The van der Waals surface area contributed by atoms with E-state index in [1.807, 2.05) is 20.8 Å².